The number of anilines is 1. The second-order valence-electron chi connectivity index (χ2n) is 9.48. The predicted octanol–water partition coefficient (Wildman–Crippen LogP) is 6.17. The lowest BCUT2D eigenvalue weighted by Crippen LogP contribution is -2.32. The monoisotopic (exact) mass is 608 g/mol. The summed E-state index contributed by atoms with van der Waals surface area (Å²) in [6.07, 6.45) is -1.11. The van der Waals surface area contributed by atoms with E-state index in [1.807, 2.05) is 55.5 Å². The number of carbonyl (C=O) groups excluding carboxylic acids is 2. The van der Waals surface area contributed by atoms with E-state index in [0.717, 1.165) is 28.8 Å². The molecule has 13 heteroatoms. The molecular weight excluding hydrogens is 581 g/mol. The highest BCUT2D eigenvalue weighted by atomic mass is 32.2. The highest BCUT2D eigenvalue weighted by Gasteiger charge is 2.32. The Hall–Kier alpha value is -4.65. The Balaban J connectivity index is 1.12. The topological polar surface area (TPSA) is 102 Å². The minimum absolute atomic E-state index is 0.100. The molecule has 0 bridgehead atoms. The van der Waals surface area contributed by atoms with Crippen molar-refractivity contribution < 1.29 is 27.5 Å². The average Bonchev–Trinajstić information content (AvgIpc) is 3.62. The van der Waals surface area contributed by atoms with Gasteiger partial charge in [0.05, 0.1) is 17.1 Å². The summed E-state index contributed by atoms with van der Waals surface area (Å²) in [4.78, 5) is 35.0. The van der Waals surface area contributed by atoms with Gasteiger partial charge in [0, 0.05) is 12.1 Å². The van der Waals surface area contributed by atoms with Crippen molar-refractivity contribution in [3.05, 3.63) is 90.3 Å². The number of urea groups is 1. The van der Waals surface area contributed by atoms with Crippen molar-refractivity contribution in [2.75, 3.05) is 17.2 Å². The van der Waals surface area contributed by atoms with E-state index in [1.54, 1.807) is 0 Å². The van der Waals surface area contributed by atoms with Crippen LogP contribution in [0.1, 0.15) is 24.5 Å². The van der Waals surface area contributed by atoms with Crippen molar-refractivity contribution in [3.8, 4) is 22.8 Å². The van der Waals surface area contributed by atoms with E-state index in [9.17, 15) is 22.8 Å². The van der Waals surface area contributed by atoms with E-state index < -0.39 is 12.4 Å². The molecule has 2 heterocycles. The van der Waals surface area contributed by atoms with Crippen molar-refractivity contribution in [2.45, 2.75) is 32.5 Å². The van der Waals surface area contributed by atoms with E-state index >= 15 is 0 Å². The maximum atomic E-state index is 12.5. The third-order valence-electron chi connectivity index (χ3n) is 6.53. The van der Waals surface area contributed by atoms with Gasteiger partial charge in [-0.25, -0.2) is 14.5 Å². The number of rotatable bonds is 9. The summed E-state index contributed by atoms with van der Waals surface area (Å²) in [7, 11) is 0. The number of benzene rings is 3. The van der Waals surface area contributed by atoms with Gasteiger partial charge in [-0.05, 0) is 60.7 Å². The molecule has 1 aliphatic heterocycles. The van der Waals surface area contributed by atoms with Crippen molar-refractivity contribution in [2.24, 2.45) is 4.99 Å². The standard InChI is InChI=1S/C30H27F3N6O3S/c1-2-21-7-3-4-8-25(21)39-26(40)18-43-29(39)36-28(41)34-17-5-6-20-9-11-22(12-10-20)27-35-19-38(37-27)23-13-15-24(16-14-23)42-30(31,32)33/h3-4,7-16,19H,2,5-6,17-18H2,1H3,(H,34,41)/b36-29-. The second kappa shape index (κ2) is 13.1. The van der Waals surface area contributed by atoms with Gasteiger partial charge in [-0.1, -0.05) is 61.2 Å². The summed E-state index contributed by atoms with van der Waals surface area (Å²) in [5.41, 5.74) is 4.14. The molecule has 222 valence electrons. The van der Waals surface area contributed by atoms with E-state index in [-0.39, 0.29) is 17.4 Å². The van der Waals surface area contributed by atoms with Crippen LogP contribution in [0.15, 0.2) is 84.1 Å². The highest BCUT2D eigenvalue weighted by molar-refractivity contribution is 8.15. The number of hydrogen-bond donors (Lipinski definition) is 1. The molecule has 3 amide bonds. The molecular formula is C30H27F3N6O3S. The molecule has 0 radical (unpaired) electrons. The van der Waals surface area contributed by atoms with Crippen LogP contribution in [-0.2, 0) is 17.6 Å². The largest absolute Gasteiger partial charge is 0.573 e. The third kappa shape index (κ3) is 7.60. The first-order valence-electron chi connectivity index (χ1n) is 13.5. The van der Waals surface area contributed by atoms with E-state index in [2.05, 4.69) is 25.1 Å². The summed E-state index contributed by atoms with van der Waals surface area (Å²) in [6.45, 7) is 2.43. The summed E-state index contributed by atoms with van der Waals surface area (Å²) in [5.74, 6) is 0.289. The number of amides is 3. The van der Waals surface area contributed by atoms with Crippen molar-refractivity contribution in [1.82, 2.24) is 20.1 Å². The number of carbonyl (C=O) groups is 2. The fourth-order valence-corrected chi connectivity index (χ4v) is 5.32. The number of aliphatic imine (C=N–C) groups is 1. The molecule has 1 N–H and O–H groups in total. The number of aromatic nitrogens is 3. The number of nitrogens with one attached hydrogen (secondary N) is 1. The minimum Gasteiger partial charge on any atom is -0.406 e. The van der Waals surface area contributed by atoms with Crippen molar-refractivity contribution in [1.29, 1.82) is 0 Å². The van der Waals surface area contributed by atoms with Gasteiger partial charge < -0.3 is 10.1 Å². The van der Waals surface area contributed by atoms with Gasteiger partial charge in [0.25, 0.3) is 0 Å². The van der Waals surface area contributed by atoms with Crippen LogP contribution in [0.25, 0.3) is 17.1 Å². The van der Waals surface area contributed by atoms with Gasteiger partial charge >= 0.3 is 12.4 Å². The van der Waals surface area contributed by atoms with Crippen LogP contribution in [-0.4, -0.2) is 50.5 Å². The van der Waals surface area contributed by atoms with Crippen molar-refractivity contribution >= 4 is 34.6 Å². The van der Waals surface area contributed by atoms with Crippen LogP contribution in [0.5, 0.6) is 5.75 Å². The lowest BCUT2D eigenvalue weighted by Gasteiger charge is -2.19. The van der Waals surface area contributed by atoms with Crippen molar-refractivity contribution in [3.63, 3.8) is 0 Å². The van der Waals surface area contributed by atoms with Crippen LogP contribution in [0, 0.1) is 0 Å². The molecule has 4 aromatic rings. The Morgan fingerprint density at radius 2 is 1.81 bits per heavy atom. The summed E-state index contributed by atoms with van der Waals surface area (Å²) >= 11 is 1.25. The molecule has 1 saturated heterocycles. The first-order valence-corrected chi connectivity index (χ1v) is 14.5. The first-order chi connectivity index (χ1) is 20.7. The van der Waals surface area contributed by atoms with E-state index in [4.69, 9.17) is 0 Å². The van der Waals surface area contributed by atoms with Gasteiger partial charge in [-0.15, -0.1) is 18.3 Å². The van der Waals surface area contributed by atoms with Crippen LogP contribution >= 0.6 is 11.8 Å². The predicted molar refractivity (Wildman–Crippen MR) is 158 cm³/mol. The zero-order valence-corrected chi connectivity index (χ0v) is 23.9. The van der Waals surface area contributed by atoms with Crippen LogP contribution in [0.3, 0.4) is 0 Å². The molecule has 5 rings (SSSR count). The molecule has 3 aromatic carbocycles. The molecule has 1 fully saturated rings. The smallest absolute Gasteiger partial charge is 0.406 e. The van der Waals surface area contributed by atoms with Crippen LogP contribution < -0.4 is 15.0 Å². The summed E-state index contributed by atoms with van der Waals surface area (Å²) < 4.78 is 42.5. The maximum Gasteiger partial charge on any atom is 0.573 e. The average molecular weight is 609 g/mol. The summed E-state index contributed by atoms with van der Waals surface area (Å²) in [6, 6.07) is 20.1. The SMILES string of the molecule is CCc1ccccc1N1C(=O)CS/C1=N\C(=O)NCCCc1ccc(-c2ncn(-c3ccc(OC(F)(F)F)cc3)n2)cc1. The van der Waals surface area contributed by atoms with Crippen LogP contribution in [0.4, 0.5) is 23.7 Å². The highest BCUT2D eigenvalue weighted by Crippen LogP contribution is 2.30. The zero-order valence-electron chi connectivity index (χ0n) is 23.0. The van der Waals surface area contributed by atoms with Gasteiger partial charge in [0.15, 0.2) is 11.0 Å². The molecule has 0 saturated carbocycles. The number of nitrogens with zero attached hydrogens (tertiary/aromatic N) is 5. The maximum absolute atomic E-state index is 12.5. The molecule has 1 aliphatic rings. The Morgan fingerprint density at radius 3 is 2.53 bits per heavy atom. The molecule has 0 spiro atoms. The molecule has 0 atom stereocenters. The number of alkyl halides is 3. The Bertz CT molecular complexity index is 1620. The van der Waals surface area contributed by atoms with Crippen LogP contribution in [0.2, 0.25) is 0 Å². The third-order valence-corrected chi connectivity index (χ3v) is 7.46. The molecule has 43 heavy (non-hydrogen) atoms. The van der Waals surface area contributed by atoms with Gasteiger partial charge in [-0.2, -0.15) is 4.99 Å². The Labute approximate surface area is 249 Å². The fourth-order valence-electron chi connectivity index (χ4n) is 4.46. The fraction of sp³-hybridized carbons (Fsp3) is 0.233. The number of halogens is 3. The lowest BCUT2D eigenvalue weighted by molar-refractivity contribution is -0.274. The number of para-hydroxylation sites is 1. The molecule has 0 aliphatic carbocycles. The lowest BCUT2D eigenvalue weighted by atomic mass is 10.1. The number of thioether (sulfide) groups is 1. The zero-order chi connectivity index (χ0) is 30.4. The molecule has 1 aromatic heterocycles. The normalized spacial score (nSPS) is 14.4. The Morgan fingerprint density at radius 1 is 1.07 bits per heavy atom. The quantitative estimate of drug-likeness (QED) is 0.228. The Kier molecular flexibility index (Phi) is 9.10. The van der Waals surface area contributed by atoms with E-state index in [0.29, 0.717) is 36.1 Å². The van der Waals surface area contributed by atoms with Gasteiger partial charge in [0.2, 0.25) is 5.91 Å². The molecule has 9 nitrogen and oxygen atoms in total. The number of hydrogen-bond acceptors (Lipinski definition) is 6. The minimum atomic E-state index is -4.75. The number of aryl methyl sites for hydroxylation is 2. The van der Waals surface area contributed by atoms with Gasteiger partial charge in [0.1, 0.15) is 12.1 Å². The molecule has 0 unspecified atom stereocenters. The second-order valence-corrected chi connectivity index (χ2v) is 10.4. The number of amidine groups is 1. The van der Waals surface area contributed by atoms with Gasteiger partial charge in [-0.3, -0.25) is 9.69 Å². The number of ether oxygens (including phenoxy) is 1. The first kappa shape index (κ1) is 29.8. The summed E-state index contributed by atoms with van der Waals surface area (Å²) in [5, 5.41) is 7.60. The van der Waals surface area contributed by atoms with E-state index in [1.165, 1.54) is 51.9 Å².